The van der Waals surface area contributed by atoms with Crippen LogP contribution in [0.25, 0.3) is 0 Å². The van der Waals surface area contributed by atoms with E-state index < -0.39 is 0 Å². The number of allylic oxidation sites excluding steroid dienone is 1. The second-order valence-electron chi connectivity index (χ2n) is 6.54. The van der Waals surface area contributed by atoms with Crippen molar-refractivity contribution < 1.29 is 4.74 Å². The van der Waals surface area contributed by atoms with E-state index in [4.69, 9.17) is 9.84 Å². The van der Waals surface area contributed by atoms with Crippen LogP contribution in [0.5, 0.6) is 0 Å². The summed E-state index contributed by atoms with van der Waals surface area (Å²) in [4.78, 5) is 7.10. The van der Waals surface area contributed by atoms with E-state index in [0.717, 1.165) is 25.5 Å². The van der Waals surface area contributed by atoms with E-state index in [1.54, 1.807) is 0 Å². The van der Waals surface area contributed by atoms with Gasteiger partial charge in [-0.3, -0.25) is 4.90 Å². The van der Waals surface area contributed by atoms with Gasteiger partial charge in [-0.05, 0) is 24.8 Å². The Bertz CT molecular complexity index is 682. The average molecular weight is 324 g/mol. The van der Waals surface area contributed by atoms with Gasteiger partial charge in [0.1, 0.15) is 6.33 Å². The zero-order valence-electron chi connectivity index (χ0n) is 13.9. The third-order valence-corrected chi connectivity index (χ3v) is 4.86. The number of ether oxygens (including phenoxy) is 1. The molecule has 0 N–H and O–H groups in total. The minimum atomic E-state index is 0.156. The molecule has 1 aromatic carbocycles. The summed E-state index contributed by atoms with van der Waals surface area (Å²) in [5.41, 5.74) is 1.24. The molecule has 2 aliphatic rings. The Morgan fingerprint density at radius 1 is 1.21 bits per heavy atom. The molecule has 1 fully saturated rings. The average Bonchev–Trinajstić information content (AvgIpc) is 3.12. The Balaban J connectivity index is 1.51. The number of rotatable bonds is 4. The summed E-state index contributed by atoms with van der Waals surface area (Å²) >= 11 is 0. The monoisotopic (exact) mass is 324 g/mol. The Labute approximate surface area is 143 Å². The zero-order chi connectivity index (χ0) is 16.2. The van der Waals surface area contributed by atoms with E-state index in [9.17, 15) is 0 Å². The van der Waals surface area contributed by atoms with Crippen LogP contribution in [0.4, 0.5) is 0 Å². The molecule has 1 saturated heterocycles. The summed E-state index contributed by atoms with van der Waals surface area (Å²) in [6.07, 6.45) is 10.2. The number of morpholine rings is 1. The summed E-state index contributed by atoms with van der Waals surface area (Å²) in [6.45, 7) is 3.18. The number of nitrogens with zero attached hydrogens (tertiary/aromatic N) is 4. The van der Waals surface area contributed by atoms with E-state index in [2.05, 4.69) is 46.3 Å². The second kappa shape index (κ2) is 7.28. The van der Waals surface area contributed by atoms with Gasteiger partial charge in [0.05, 0.1) is 25.8 Å². The van der Waals surface area contributed by atoms with Crippen LogP contribution in [0.15, 0.2) is 48.8 Å². The molecule has 1 aliphatic heterocycles. The molecule has 2 heterocycles. The third kappa shape index (κ3) is 3.42. The normalized spacial score (nSPS) is 25.0. The van der Waals surface area contributed by atoms with Gasteiger partial charge >= 0.3 is 0 Å². The minimum absolute atomic E-state index is 0.156. The van der Waals surface area contributed by atoms with Gasteiger partial charge in [0.25, 0.3) is 0 Å². The van der Waals surface area contributed by atoms with Gasteiger partial charge in [-0.1, -0.05) is 42.5 Å². The molecule has 1 aliphatic carbocycles. The highest BCUT2D eigenvalue weighted by Crippen LogP contribution is 2.28. The first-order chi connectivity index (χ1) is 11.9. The Kier molecular flexibility index (Phi) is 4.71. The molecule has 5 nitrogen and oxygen atoms in total. The van der Waals surface area contributed by atoms with Crippen LogP contribution in [-0.4, -0.2) is 45.5 Å². The van der Waals surface area contributed by atoms with Gasteiger partial charge in [-0.25, -0.2) is 9.67 Å². The number of benzene rings is 1. The largest absolute Gasteiger partial charge is 0.378 e. The lowest BCUT2D eigenvalue weighted by Gasteiger charge is -2.39. The highest BCUT2D eigenvalue weighted by Gasteiger charge is 2.32. The maximum atomic E-state index is 5.73. The first-order valence-electron chi connectivity index (χ1n) is 8.83. The first-order valence-corrected chi connectivity index (χ1v) is 8.83. The Hall–Kier alpha value is -1.98. The second-order valence-corrected chi connectivity index (χ2v) is 6.54. The summed E-state index contributed by atoms with van der Waals surface area (Å²) in [5, 5.41) is 4.73. The van der Waals surface area contributed by atoms with Crippen LogP contribution < -0.4 is 0 Å². The van der Waals surface area contributed by atoms with Crippen LogP contribution >= 0.6 is 0 Å². The Morgan fingerprint density at radius 3 is 2.96 bits per heavy atom. The minimum Gasteiger partial charge on any atom is -0.378 e. The molecule has 24 heavy (non-hydrogen) atoms. The third-order valence-electron chi connectivity index (χ3n) is 4.86. The molecule has 0 radical (unpaired) electrons. The van der Waals surface area contributed by atoms with Crippen molar-refractivity contribution in [1.29, 1.82) is 0 Å². The van der Waals surface area contributed by atoms with Crippen LogP contribution in [0.2, 0.25) is 0 Å². The lowest BCUT2D eigenvalue weighted by Crippen LogP contribution is -2.46. The molecular weight excluding hydrogens is 300 g/mol. The number of hydrogen-bond acceptors (Lipinski definition) is 4. The topological polar surface area (TPSA) is 43.2 Å². The maximum absolute atomic E-state index is 5.73. The van der Waals surface area contributed by atoms with Crippen LogP contribution in [0.3, 0.4) is 0 Å². The van der Waals surface area contributed by atoms with E-state index in [1.165, 1.54) is 24.8 Å². The molecule has 4 rings (SSSR count). The lowest BCUT2D eigenvalue weighted by atomic mass is 9.99. The fourth-order valence-electron chi connectivity index (χ4n) is 3.62. The quantitative estimate of drug-likeness (QED) is 0.811. The van der Waals surface area contributed by atoms with Gasteiger partial charge in [0, 0.05) is 12.6 Å². The maximum Gasteiger partial charge on any atom is 0.170 e. The number of hydrogen-bond donors (Lipinski definition) is 0. The van der Waals surface area contributed by atoms with Crippen LogP contribution in [-0.2, 0) is 11.3 Å². The highest BCUT2D eigenvalue weighted by atomic mass is 16.5. The molecular formula is C19H24N4O. The zero-order valence-corrected chi connectivity index (χ0v) is 13.9. The van der Waals surface area contributed by atoms with Gasteiger partial charge in [-0.2, -0.15) is 5.10 Å². The lowest BCUT2D eigenvalue weighted by molar-refractivity contribution is -0.0268. The van der Waals surface area contributed by atoms with Crippen molar-refractivity contribution in [1.82, 2.24) is 19.7 Å². The molecule has 2 atom stereocenters. The van der Waals surface area contributed by atoms with Crippen molar-refractivity contribution in [3.05, 3.63) is 60.2 Å². The van der Waals surface area contributed by atoms with Gasteiger partial charge in [-0.15, -0.1) is 0 Å². The van der Waals surface area contributed by atoms with Crippen molar-refractivity contribution in [2.24, 2.45) is 0 Å². The molecule has 0 saturated carbocycles. The fourth-order valence-corrected chi connectivity index (χ4v) is 3.62. The van der Waals surface area contributed by atoms with E-state index in [-0.39, 0.29) is 6.04 Å². The van der Waals surface area contributed by atoms with Gasteiger partial charge < -0.3 is 4.74 Å². The smallest absolute Gasteiger partial charge is 0.170 e. The first kappa shape index (κ1) is 15.5. The van der Waals surface area contributed by atoms with Crippen LogP contribution in [0, 0.1) is 0 Å². The molecule has 0 unspecified atom stereocenters. The fraction of sp³-hybridized carbons (Fsp3) is 0.474. The van der Waals surface area contributed by atoms with E-state index in [0.29, 0.717) is 12.6 Å². The highest BCUT2D eigenvalue weighted by molar-refractivity contribution is 5.14. The molecule has 0 spiro atoms. The molecule has 1 aromatic heterocycles. The molecule has 126 valence electrons. The van der Waals surface area contributed by atoms with Crippen molar-refractivity contribution in [3.8, 4) is 0 Å². The van der Waals surface area contributed by atoms with Crippen molar-refractivity contribution in [2.75, 3.05) is 19.8 Å². The Morgan fingerprint density at radius 2 is 2.12 bits per heavy atom. The molecule has 0 bridgehead atoms. The standard InChI is InChI=1S/C19H24N4O/c1-3-7-16(8-4-1)13-22-15-20-19(21-22)18-14-24-12-11-23(18)17-9-5-2-6-10-17/h1,3-5,7-9,15,17-18H,2,6,10-14H2/t17-,18-/m1/s1. The summed E-state index contributed by atoms with van der Waals surface area (Å²) in [5.74, 6) is 0.879. The number of aromatic nitrogens is 3. The SMILES string of the molecule is C1=C[C@@H](N2CCOC[C@@H]2c2ncn(Cc3ccccc3)n2)CCC1. The van der Waals surface area contributed by atoms with Crippen molar-refractivity contribution in [3.63, 3.8) is 0 Å². The predicted molar refractivity (Wildman–Crippen MR) is 92.6 cm³/mol. The molecule has 0 amide bonds. The predicted octanol–water partition coefficient (Wildman–Crippen LogP) is 2.81. The molecule has 5 heteroatoms. The summed E-state index contributed by atoms with van der Waals surface area (Å²) < 4.78 is 7.65. The van der Waals surface area contributed by atoms with E-state index in [1.807, 2.05) is 17.1 Å². The van der Waals surface area contributed by atoms with Crippen molar-refractivity contribution in [2.45, 2.75) is 37.9 Å². The van der Waals surface area contributed by atoms with Crippen LogP contribution in [0.1, 0.15) is 36.7 Å². The van der Waals surface area contributed by atoms with E-state index >= 15 is 0 Å². The van der Waals surface area contributed by atoms with Gasteiger partial charge in [0.15, 0.2) is 5.82 Å². The molecule has 2 aromatic rings. The summed E-state index contributed by atoms with van der Waals surface area (Å²) in [7, 11) is 0. The van der Waals surface area contributed by atoms with Gasteiger partial charge in [0.2, 0.25) is 0 Å². The summed E-state index contributed by atoms with van der Waals surface area (Å²) in [6, 6.07) is 11.0. The van der Waals surface area contributed by atoms with Crippen molar-refractivity contribution >= 4 is 0 Å².